The second kappa shape index (κ2) is 41.8. The molecule has 0 aliphatic heterocycles. The van der Waals surface area contributed by atoms with Gasteiger partial charge in [-0.2, -0.15) is 27.0 Å². The van der Waals surface area contributed by atoms with Crippen LogP contribution in [0.4, 0.5) is 0 Å². The van der Waals surface area contributed by atoms with Gasteiger partial charge < -0.3 is 28.4 Å². The average molecular weight is 847 g/mol. The first-order valence-corrected chi connectivity index (χ1v) is 17.8. The predicted molar refractivity (Wildman–Crippen MR) is 258 cm³/mol. The van der Waals surface area contributed by atoms with Crippen LogP contribution < -0.4 is 9.47 Å². The SMILES string of the molecule is C.C.C.C.C.C.CC(=O)C1CCC(C(C)=O)CC1.COCC1CCC(COC)CC1.COCCOc1ccc(/C=C(\C)c2ccc(OCCOC)cc2)cc1.S.S. The zero-order valence-corrected chi connectivity index (χ0v) is 34.2. The highest BCUT2D eigenvalue weighted by Crippen LogP contribution is 2.30. The number of methoxy groups -OCH3 is 4. The van der Waals surface area contributed by atoms with Gasteiger partial charge in [-0.3, -0.25) is 9.59 Å². The molecule has 0 spiro atoms. The molecule has 57 heavy (non-hydrogen) atoms. The van der Waals surface area contributed by atoms with E-state index in [0.717, 1.165) is 67.8 Å². The Hall–Kier alpha value is -2.34. The van der Waals surface area contributed by atoms with Gasteiger partial charge in [-0.1, -0.05) is 74.9 Å². The lowest BCUT2D eigenvalue weighted by Gasteiger charge is -2.27. The number of ether oxygens (including phenoxy) is 6. The van der Waals surface area contributed by atoms with Gasteiger partial charge in [0.25, 0.3) is 0 Å². The van der Waals surface area contributed by atoms with Gasteiger partial charge in [-0.25, -0.2) is 0 Å². The number of rotatable bonds is 16. The largest absolute Gasteiger partial charge is 0.491 e. The van der Waals surface area contributed by atoms with Crippen LogP contribution in [0.1, 0.15) is 128 Å². The third-order valence-corrected chi connectivity index (χ3v) is 9.33. The van der Waals surface area contributed by atoms with E-state index in [9.17, 15) is 9.59 Å². The number of hydrogen-bond donors (Lipinski definition) is 0. The third kappa shape index (κ3) is 29.5. The van der Waals surface area contributed by atoms with Crippen molar-refractivity contribution in [2.45, 2.75) is 117 Å². The molecule has 0 radical (unpaired) electrons. The van der Waals surface area contributed by atoms with Crippen LogP contribution in [0.15, 0.2) is 48.5 Å². The van der Waals surface area contributed by atoms with Gasteiger partial charge in [-0.15, -0.1) is 0 Å². The highest BCUT2D eigenvalue weighted by Gasteiger charge is 2.26. The van der Waals surface area contributed by atoms with Crippen molar-refractivity contribution in [2.75, 3.05) is 68.1 Å². The van der Waals surface area contributed by atoms with Crippen LogP contribution in [0, 0.1) is 23.7 Å². The lowest BCUT2D eigenvalue weighted by Crippen LogP contribution is -2.23. The van der Waals surface area contributed by atoms with Crippen LogP contribution in [0.2, 0.25) is 0 Å². The molecule has 2 aromatic carbocycles. The number of allylic oxidation sites excluding steroid dienone is 1. The summed E-state index contributed by atoms with van der Waals surface area (Å²) in [7, 11) is 6.92. The minimum atomic E-state index is 0. The third-order valence-electron chi connectivity index (χ3n) is 9.33. The van der Waals surface area contributed by atoms with Crippen molar-refractivity contribution in [3.05, 3.63) is 59.7 Å². The summed E-state index contributed by atoms with van der Waals surface area (Å²) in [5.74, 6) is 4.37. The minimum absolute atomic E-state index is 0. The molecular formula is C47H90O8S2. The van der Waals surface area contributed by atoms with Gasteiger partial charge in [0.15, 0.2) is 0 Å². The number of benzene rings is 2. The molecule has 0 amide bonds. The highest BCUT2D eigenvalue weighted by molar-refractivity contribution is 7.59. The van der Waals surface area contributed by atoms with Gasteiger partial charge in [0.05, 0.1) is 13.2 Å². The van der Waals surface area contributed by atoms with Crippen molar-refractivity contribution in [3.63, 3.8) is 0 Å². The van der Waals surface area contributed by atoms with Crippen LogP contribution in [-0.4, -0.2) is 79.6 Å². The first-order valence-electron chi connectivity index (χ1n) is 17.8. The summed E-state index contributed by atoms with van der Waals surface area (Å²) in [6.45, 7) is 9.59. The van der Waals surface area contributed by atoms with Crippen LogP contribution in [-0.2, 0) is 28.5 Å². The monoisotopic (exact) mass is 847 g/mol. The van der Waals surface area contributed by atoms with E-state index in [1.807, 2.05) is 36.4 Å². The van der Waals surface area contributed by atoms with E-state index in [-0.39, 0.29) is 95.0 Å². The maximum Gasteiger partial charge on any atom is 0.132 e. The van der Waals surface area contributed by atoms with Crippen LogP contribution in [0.3, 0.4) is 0 Å². The van der Waals surface area contributed by atoms with Gasteiger partial charge in [0.1, 0.15) is 36.3 Å². The van der Waals surface area contributed by atoms with Crippen LogP contribution in [0.25, 0.3) is 11.6 Å². The van der Waals surface area contributed by atoms with Crippen molar-refractivity contribution in [1.29, 1.82) is 0 Å². The molecule has 2 fully saturated rings. The van der Waals surface area contributed by atoms with Crippen LogP contribution in [0.5, 0.6) is 11.5 Å². The van der Waals surface area contributed by atoms with Gasteiger partial charge in [0.2, 0.25) is 0 Å². The molecule has 2 aliphatic rings. The molecule has 0 aromatic heterocycles. The van der Waals surface area contributed by atoms with Crippen molar-refractivity contribution >= 4 is 50.2 Å². The molecule has 2 aromatic rings. The maximum absolute atomic E-state index is 11.0. The van der Waals surface area contributed by atoms with E-state index in [1.54, 1.807) is 42.3 Å². The zero-order chi connectivity index (χ0) is 35.9. The highest BCUT2D eigenvalue weighted by atomic mass is 32.1. The Labute approximate surface area is 366 Å². The number of ketones is 2. The Kier molecular flexibility index (Phi) is 50.8. The Morgan fingerprint density at radius 2 is 0.842 bits per heavy atom. The first kappa shape index (κ1) is 69.3. The predicted octanol–water partition coefficient (Wildman–Crippen LogP) is 12.4. The van der Waals surface area contributed by atoms with Crippen molar-refractivity contribution in [3.8, 4) is 11.5 Å². The van der Waals surface area contributed by atoms with E-state index < -0.39 is 0 Å². The molecule has 0 heterocycles. The average Bonchev–Trinajstić information content (AvgIpc) is 3.11. The van der Waals surface area contributed by atoms with E-state index in [4.69, 9.17) is 28.4 Å². The Morgan fingerprint density at radius 3 is 1.14 bits per heavy atom. The summed E-state index contributed by atoms with van der Waals surface area (Å²) >= 11 is 0. The smallest absolute Gasteiger partial charge is 0.132 e. The topological polar surface area (TPSA) is 89.5 Å². The summed E-state index contributed by atoms with van der Waals surface area (Å²) in [6.07, 6.45) is 11.1. The molecular weight excluding hydrogens is 757 g/mol. The van der Waals surface area contributed by atoms with E-state index >= 15 is 0 Å². The molecule has 0 atom stereocenters. The molecule has 0 N–H and O–H groups in total. The quantitative estimate of drug-likeness (QED) is 0.122. The van der Waals surface area contributed by atoms with Crippen molar-refractivity contribution in [1.82, 2.24) is 0 Å². The summed E-state index contributed by atoms with van der Waals surface area (Å²) in [5, 5.41) is 0. The molecule has 8 nitrogen and oxygen atoms in total. The molecule has 338 valence electrons. The Balaban J connectivity index is -0.000000135. The fourth-order valence-corrected chi connectivity index (χ4v) is 6.24. The first-order chi connectivity index (χ1) is 23.7. The molecule has 10 heteroatoms. The molecule has 4 rings (SSSR count). The van der Waals surface area contributed by atoms with Crippen molar-refractivity contribution < 1.29 is 38.0 Å². The van der Waals surface area contributed by atoms with Gasteiger partial charge in [0, 0.05) is 53.5 Å². The molecule has 0 bridgehead atoms. The summed E-state index contributed by atoms with van der Waals surface area (Å²) in [6, 6.07) is 16.1. The lowest BCUT2D eigenvalue weighted by molar-refractivity contribution is -0.126. The summed E-state index contributed by atoms with van der Waals surface area (Å²) in [5.41, 5.74) is 3.49. The van der Waals surface area contributed by atoms with Crippen molar-refractivity contribution in [2.24, 2.45) is 23.7 Å². The normalized spacial score (nSPS) is 17.7. The Morgan fingerprint density at radius 1 is 0.509 bits per heavy atom. The maximum atomic E-state index is 11.0. The summed E-state index contributed by atoms with van der Waals surface area (Å²) < 4.78 is 31.4. The fourth-order valence-electron chi connectivity index (χ4n) is 6.24. The lowest BCUT2D eigenvalue weighted by atomic mass is 9.79. The standard InChI is InChI=1S/C21H26O4.C10H20O2.C10H16O2.6CH4.2H2S/c1-17(19-6-10-21(11-7-19)25-15-13-23-3)16-18-4-8-20(9-5-18)24-14-12-22-2;1-11-7-9-3-5-10(6-4-9)8-12-2;1-7(11)9-3-5-10(6-4-9)8(2)12;;;;;;;;/h4-11,16H,12-15H2,1-3H3;9-10H,3-8H2,1-2H3;9-10H,3-6H2,1-2H3;6*1H4;2*1H2/b17-16+;;;;;;;;;;. The number of Topliss-reactive ketones (excluding diaryl/α,β-unsaturated/α-hetero) is 2. The van der Waals surface area contributed by atoms with Gasteiger partial charge >= 0.3 is 0 Å². The second-order valence-corrected chi connectivity index (χ2v) is 13.2. The molecule has 2 saturated carbocycles. The van der Waals surface area contributed by atoms with E-state index in [1.165, 1.54) is 36.8 Å². The number of carbonyl (C=O) groups is 2. The van der Waals surface area contributed by atoms with E-state index in [2.05, 4.69) is 25.1 Å². The fraction of sp³-hybridized carbons (Fsp3) is 0.660. The minimum Gasteiger partial charge on any atom is -0.491 e. The number of carbonyl (C=O) groups excluding carboxylic acids is 2. The van der Waals surface area contributed by atoms with Gasteiger partial charge in [-0.05, 0) is 125 Å². The molecule has 0 saturated heterocycles. The second-order valence-electron chi connectivity index (χ2n) is 13.2. The molecule has 0 unspecified atom stereocenters. The Bertz CT molecular complexity index is 1170. The summed E-state index contributed by atoms with van der Waals surface area (Å²) in [4.78, 5) is 22.0. The number of hydrogen-bond acceptors (Lipinski definition) is 8. The van der Waals surface area contributed by atoms with Crippen LogP contribution >= 0.6 is 27.0 Å². The zero-order valence-electron chi connectivity index (χ0n) is 32.2. The van der Waals surface area contributed by atoms with E-state index in [0.29, 0.717) is 26.4 Å². The molecule has 2 aliphatic carbocycles.